The molecule has 2 rings (SSSR count). The van der Waals surface area contributed by atoms with Crippen molar-refractivity contribution in [1.29, 1.82) is 0 Å². The fourth-order valence-electron chi connectivity index (χ4n) is 2.50. The number of carbonyl (C=O) groups is 2. The number of carboxylic acids is 1. The average molecular weight is 327 g/mol. The van der Waals surface area contributed by atoms with Crippen LogP contribution < -0.4 is 5.32 Å². The van der Waals surface area contributed by atoms with Crippen LogP contribution in [0.3, 0.4) is 0 Å². The minimum absolute atomic E-state index is 0.146. The molecule has 1 aliphatic heterocycles. The predicted molar refractivity (Wildman–Crippen MR) is 91.0 cm³/mol. The van der Waals surface area contributed by atoms with Crippen molar-refractivity contribution in [2.75, 3.05) is 5.32 Å². The number of carbonyl (C=O) groups excluding carboxylic acids is 1. The predicted octanol–water partition coefficient (Wildman–Crippen LogP) is 3.80. The number of anilines is 1. The molecule has 24 heavy (non-hydrogen) atoms. The number of hydrogen-bond donors (Lipinski definition) is 2. The number of nitrogens with one attached hydrogen (secondary N) is 1. The van der Waals surface area contributed by atoms with E-state index in [0.717, 1.165) is 5.56 Å². The molecule has 126 valence electrons. The third-order valence-corrected chi connectivity index (χ3v) is 4.00. The van der Waals surface area contributed by atoms with Gasteiger partial charge in [-0.2, -0.15) is 10.2 Å². The Hall–Kier alpha value is -2.68. The van der Waals surface area contributed by atoms with Gasteiger partial charge in [-0.3, -0.25) is 4.79 Å². The summed E-state index contributed by atoms with van der Waals surface area (Å²) in [5, 5.41) is 19.9. The van der Waals surface area contributed by atoms with E-state index in [4.69, 9.17) is 11.5 Å². The first-order valence-electron chi connectivity index (χ1n) is 7.91. The van der Waals surface area contributed by atoms with E-state index in [2.05, 4.69) is 21.5 Å². The molecule has 0 fully saturated rings. The fraction of sp³-hybridized carbons (Fsp3) is 0.444. The van der Waals surface area contributed by atoms with Crippen LogP contribution in [-0.2, 0) is 4.79 Å². The summed E-state index contributed by atoms with van der Waals surface area (Å²) >= 11 is 0. The summed E-state index contributed by atoms with van der Waals surface area (Å²) in [4.78, 5) is 23.4. The van der Waals surface area contributed by atoms with Crippen LogP contribution in [0.25, 0.3) is 0 Å². The van der Waals surface area contributed by atoms with E-state index in [-0.39, 0.29) is 23.8 Å². The lowest BCUT2D eigenvalue weighted by atomic mass is 9.98. The summed E-state index contributed by atoms with van der Waals surface area (Å²) in [5.41, 5.74) is 1.09. The van der Waals surface area contributed by atoms with Crippen LogP contribution >= 0.6 is 0 Å². The topological polar surface area (TPSA) is 91.1 Å². The van der Waals surface area contributed by atoms with E-state index in [1.807, 2.05) is 13.8 Å². The van der Waals surface area contributed by atoms with E-state index in [1.54, 1.807) is 12.1 Å². The highest BCUT2D eigenvalue weighted by Crippen LogP contribution is 2.37. The maximum atomic E-state index is 12.2. The summed E-state index contributed by atoms with van der Waals surface area (Å²) in [6, 6.07) is 4.78. The van der Waals surface area contributed by atoms with E-state index in [1.165, 1.54) is 6.07 Å². The second-order valence-electron chi connectivity index (χ2n) is 6.20. The zero-order chi connectivity index (χ0) is 17.7. The molecule has 6 nitrogen and oxygen atoms in total. The molecule has 0 bridgehead atoms. The molecule has 1 aliphatic rings. The van der Waals surface area contributed by atoms with Gasteiger partial charge in [-0.15, -0.1) is 12.3 Å². The first-order valence-corrected chi connectivity index (χ1v) is 7.91. The van der Waals surface area contributed by atoms with E-state index < -0.39 is 11.6 Å². The fourth-order valence-corrected chi connectivity index (χ4v) is 2.50. The standard InChI is InChI=1S/C18H21N3O3/c1-4-5-9-18(20-21-18)10-8-16(22)19-15-11-13(17(23)24)6-7-14(15)12(2)3/h1,6-7,11-12H,5,8-10H2,2-3H3,(H,19,22)(H,23,24). The van der Waals surface area contributed by atoms with Gasteiger partial charge in [0.15, 0.2) is 5.66 Å². The zero-order valence-electron chi connectivity index (χ0n) is 13.9. The first-order chi connectivity index (χ1) is 11.4. The lowest BCUT2D eigenvalue weighted by molar-refractivity contribution is -0.116. The number of benzene rings is 1. The summed E-state index contributed by atoms with van der Waals surface area (Å²) in [7, 11) is 0. The summed E-state index contributed by atoms with van der Waals surface area (Å²) in [6.07, 6.45) is 7.24. The molecular weight excluding hydrogens is 306 g/mol. The van der Waals surface area contributed by atoms with Crippen LogP contribution in [0.1, 0.15) is 61.4 Å². The van der Waals surface area contributed by atoms with Gasteiger partial charge in [-0.05, 0) is 23.6 Å². The molecule has 1 amide bonds. The lowest BCUT2D eigenvalue weighted by Crippen LogP contribution is -2.18. The maximum Gasteiger partial charge on any atom is 0.335 e. The van der Waals surface area contributed by atoms with Crippen LogP contribution in [0.15, 0.2) is 28.4 Å². The van der Waals surface area contributed by atoms with Crippen molar-refractivity contribution in [2.24, 2.45) is 10.2 Å². The normalized spacial score (nSPS) is 14.2. The van der Waals surface area contributed by atoms with Gasteiger partial charge in [0.05, 0.1) is 5.56 Å². The van der Waals surface area contributed by atoms with Gasteiger partial charge in [0.25, 0.3) is 0 Å². The summed E-state index contributed by atoms with van der Waals surface area (Å²) < 4.78 is 0. The smallest absolute Gasteiger partial charge is 0.335 e. The Morgan fingerprint density at radius 2 is 2.04 bits per heavy atom. The minimum atomic E-state index is -1.02. The first kappa shape index (κ1) is 17.7. The number of carboxylic acid groups (broad SMARTS) is 1. The molecule has 0 radical (unpaired) electrons. The molecule has 0 aliphatic carbocycles. The van der Waals surface area contributed by atoms with Gasteiger partial charge < -0.3 is 10.4 Å². The van der Waals surface area contributed by atoms with Crippen molar-refractivity contribution in [3.05, 3.63) is 29.3 Å². The molecule has 0 unspecified atom stereocenters. The molecule has 0 saturated carbocycles. The molecule has 0 spiro atoms. The van der Waals surface area contributed by atoms with Gasteiger partial charge >= 0.3 is 5.97 Å². The Morgan fingerprint density at radius 1 is 1.33 bits per heavy atom. The van der Waals surface area contributed by atoms with E-state index in [9.17, 15) is 9.59 Å². The van der Waals surface area contributed by atoms with Gasteiger partial charge in [0.2, 0.25) is 5.91 Å². The molecule has 0 aromatic heterocycles. The Bertz CT molecular complexity index is 711. The van der Waals surface area contributed by atoms with Crippen LogP contribution in [0.4, 0.5) is 5.69 Å². The van der Waals surface area contributed by atoms with Gasteiger partial charge in [0, 0.05) is 31.4 Å². The Morgan fingerprint density at radius 3 is 2.58 bits per heavy atom. The summed E-state index contributed by atoms with van der Waals surface area (Å²) in [6.45, 7) is 3.98. The van der Waals surface area contributed by atoms with Crippen molar-refractivity contribution in [3.63, 3.8) is 0 Å². The SMILES string of the molecule is C#CCCC1(CCC(=O)Nc2cc(C(=O)O)ccc2C(C)C)N=N1. The monoisotopic (exact) mass is 327 g/mol. The van der Waals surface area contributed by atoms with Crippen LogP contribution in [-0.4, -0.2) is 22.6 Å². The number of terminal acetylenes is 1. The number of hydrogen-bond acceptors (Lipinski definition) is 4. The number of aromatic carboxylic acids is 1. The quantitative estimate of drug-likeness (QED) is 0.711. The highest BCUT2D eigenvalue weighted by atomic mass is 16.4. The molecule has 0 atom stereocenters. The number of nitrogens with zero attached hydrogens (tertiary/aromatic N) is 2. The highest BCUT2D eigenvalue weighted by Gasteiger charge is 2.39. The maximum absolute atomic E-state index is 12.2. The lowest BCUT2D eigenvalue weighted by Gasteiger charge is -2.15. The van der Waals surface area contributed by atoms with Crippen LogP contribution in [0, 0.1) is 12.3 Å². The molecule has 1 heterocycles. The number of amides is 1. The molecule has 6 heteroatoms. The van der Waals surface area contributed by atoms with Crippen molar-refractivity contribution in [1.82, 2.24) is 0 Å². The largest absolute Gasteiger partial charge is 0.478 e. The van der Waals surface area contributed by atoms with E-state index in [0.29, 0.717) is 24.9 Å². The second-order valence-corrected chi connectivity index (χ2v) is 6.20. The average Bonchev–Trinajstić information content (AvgIpc) is 3.31. The molecular formula is C18H21N3O3. The van der Waals surface area contributed by atoms with Crippen molar-refractivity contribution >= 4 is 17.6 Å². The van der Waals surface area contributed by atoms with Gasteiger partial charge in [-0.1, -0.05) is 19.9 Å². The Kier molecular flexibility index (Phi) is 5.35. The molecule has 1 aromatic rings. The third-order valence-electron chi connectivity index (χ3n) is 4.00. The third kappa shape index (κ3) is 4.42. The van der Waals surface area contributed by atoms with Crippen LogP contribution in [0.2, 0.25) is 0 Å². The van der Waals surface area contributed by atoms with E-state index >= 15 is 0 Å². The van der Waals surface area contributed by atoms with Gasteiger partial charge in [0.1, 0.15) is 0 Å². The van der Waals surface area contributed by atoms with Gasteiger partial charge in [-0.25, -0.2) is 4.79 Å². The molecule has 1 aromatic carbocycles. The Labute approximate surface area is 141 Å². The van der Waals surface area contributed by atoms with Crippen LogP contribution in [0.5, 0.6) is 0 Å². The second kappa shape index (κ2) is 7.26. The number of rotatable bonds is 8. The van der Waals surface area contributed by atoms with Crippen molar-refractivity contribution in [3.8, 4) is 12.3 Å². The minimum Gasteiger partial charge on any atom is -0.478 e. The summed E-state index contributed by atoms with van der Waals surface area (Å²) in [5.74, 6) is 1.51. The molecule has 2 N–H and O–H groups in total. The molecule has 0 saturated heterocycles. The highest BCUT2D eigenvalue weighted by molar-refractivity contribution is 5.95. The van der Waals surface area contributed by atoms with Crippen molar-refractivity contribution in [2.45, 2.75) is 51.1 Å². The zero-order valence-corrected chi connectivity index (χ0v) is 13.9. The van der Waals surface area contributed by atoms with Crippen molar-refractivity contribution < 1.29 is 14.7 Å². The Balaban J connectivity index is 2.01.